The van der Waals surface area contributed by atoms with E-state index >= 15 is 0 Å². The standard InChI is InChI=1S/C22H27ClN4O2/c1-15-21(27-9-5-17(6-10-27)29-12-11-28-2)4-8-25-22(15)26-16-13-19(23)18-3-7-24-20(18)14-16/h3-4,7-8,13-14,17,24H,5-6,9-12H2,1-2H3,(H,25,26). The van der Waals surface area contributed by atoms with Crippen LogP contribution in [0.5, 0.6) is 0 Å². The third-order valence-corrected chi connectivity index (χ3v) is 5.79. The van der Waals surface area contributed by atoms with Gasteiger partial charge in [-0.1, -0.05) is 11.6 Å². The minimum atomic E-state index is 0.316. The highest BCUT2D eigenvalue weighted by molar-refractivity contribution is 6.35. The van der Waals surface area contributed by atoms with Crippen molar-refractivity contribution < 1.29 is 9.47 Å². The Kier molecular flexibility index (Phi) is 6.23. The van der Waals surface area contributed by atoms with Gasteiger partial charge in [0, 0.05) is 60.4 Å². The number of fused-ring (bicyclic) bond motifs is 1. The number of halogens is 1. The van der Waals surface area contributed by atoms with Gasteiger partial charge in [-0.05, 0) is 44.0 Å². The zero-order chi connectivity index (χ0) is 20.2. The van der Waals surface area contributed by atoms with E-state index in [0.717, 1.165) is 58.9 Å². The molecule has 7 heteroatoms. The van der Waals surface area contributed by atoms with Crippen LogP contribution in [-0.2, 0) is 9.47 Å². The molecule has 29 heavy (non-hydrogen) atoms. The van der Waals surface area contributed by atoms with Gasteiger partial charge in [-0.3, -0.25) is 0 Å². The predicted molar refractivity (Wildman–Crippen MR) is 119 cm³/mol. The number of hydrogen-bond donors (Lipinski definition) is 2. The molecule has 2 N–H and O–H groups in total. The first kappa shape index (κ1) is 20.0. The molecule has 3 heterocycles. The Bertz CT molecular complexity index is 967. The number of piperidine rings is 1. The van der Waals surface area contributed by atoms with E-state index in [1.54, 1.807) is 7.11 Å². The lowest BCUT2D eigenvalue weighted by molar-refractivity contribution is 0.00609. The summed E-state index contributed by atoms with van der Waals surface area (Å²) in [6.07, 6.45) is 6.12. The highest BCUT2D eigenvalue weighted by atomic mass is 35.5. The SMILES string of the molecule is COCCOC1CCN(c2ccnc(Nc3cc(Cl)c4cc[nH]c4c3)c2C)CC1. The number of pyridine rings is 1. The van der Waals surface area contributed by atoms with Gasteiger partial charge in [0.1, 0.15) is 5.82 Å². The molecule has 6 nitrogen and oxygen atoms in total. The number of aromatic amines is 1. The highest BCUT2D eigenvalue weighted by Gasteiger charge is 2.22. The number of H-pyrrole nitrogens is 1. The van der Waals surface area contributed by atoms with Crippen molar-refractivity contribution in [2.75, 3.05) is 43.6 Å². The number of nitrogens with zero attached hydrogens (tertiary/aromatic N) is 2. The summed E-state index contributed by atoms with van der Waals surface area (Å²) in [5.74, 6) is 0.850. The Labute approximate surface area is 176 Å². The largest absolute Gasteiger partial charge is 0.382 e. The topological polar surface area (TPSA) is 62.4 Å². The quantitative estimate of drug-likeness (QED) is 0.538. The van der Waals surface area contributed by atoms with E-state index in [4.69, 9.17) is 21.1 Å². The second-order valence-corrected chi connectivity index (χ2v) is 7.78. The van der Waals surface area contributed by atoms with Gasteiger partial charge in [-0.2, -0.15) is 0 Å². The molecule has 0 bridgehead atoms. The van der Waals surface area contributed by atoms with Gasteiger partial charge in [-0.25, -0.2) is 4.98 Å². The van der Waals surface area contributed by atoms with Gasteiger partial charge >= 0.3 is 0 Å². The van der Waals surface area contributed by atoms with E-state index in [0.29, 0.717) is 19.3 Å². The van der Waals surface area contributed by atoms with E-state index in [1.807, 2.05) is 24.5 Å². The number of anilines is 3. The number of benzene rings is 1. The first-order valence-corrected chi connectivity index (χ1v) is 10.4. The van der Waals surface area contributed by atoms with E-state index < -0.39 is 0 Å². The summed E-state index contributed by atoms with van der Waals surface area (Å²) in [5, 5.41) is 5.17. The second-order valence-electron chi connectivity index (χ2n) is 7.38. The summed E-state index contributed by atoms with van der Waals surface area (Å²) in [5.41, 5.74) is 4.27. The Balaban J connectivity index is 1.46. The molecular formula is C22H27ClN4O2. The maximum Gasteiger partial charge on any atom is 0.135 e. The summed E-state index contributed by atoms with van der Waals surface area (Å²) >= 11 is 6.41. The molecule has 1 aliphatic rings. The van der Waals surface area contributed by atoms with Crippen molar-refractivity contribution in [2.24, 2.45) is 0 Å². The third-order valence-electron chi connectivity index (χ3n) is 5.48. The first-order valence-electron chi connectivity index (χ1n) is 10.0. The maximum atomic E-state index is 6.41. The zero-order valence-corrected chi connectivity index (χ0v) is 17.6. The Morgan fingerprint density at radius 3 is 2.86 bits per heavy atom. The van der Waals surface area contributed by atoms with Crippen molar-refractivity contribution in [2.45, 2.75) is 25.9 Å². The lowest BCUT2D eigenvalue weighted by Crippen LogP contribution is -2.37. The van der Waals surface area contributed by atoms with Crippen LogP contribution in [0.25, 0.3) is 10.9 Å². The minimum Gasteiger partial charge on any atom is -0.382 e. The van der Waals surface area contributed by atoms with Crippen molar-refractivity contribution in [3.8, 4) is 0 Å². The fraction of sp³-hybridized carbons (Fsp3) is 0.409. The van der Waals surface area contributed by atoms with Gasteiger partial charge in [0.15, 0.2) is 0 Å². The normalized spacial score (nSPS) is 15.2. The Morgan fingerprint density at radius 2 is 2.07 bits per heavy atom. The summed E-state index contributed by atoms with van der Waals surface area (Å²) < 4.78 is 11.0. The van der Waals surface area contributed by atoms with E-state index in [-0.39, 0.29) is 0 Å². The molecule has 2 aromatic heterocycles. The molecule has 0 radical (unpaired) electrons. The van der Waals surface area contributed by atoms with Crippen LogP contribution in [0.15, 0.2) is 36.7 Å². The number of nitrogens with one attached hydrogen (secondary N) is 2. The van der Waals surface area contributed by atoms with Crippen LogP contribution in [0.1, 0.15) is 18.4 Å². The summed E-state index contributed by atoms with van der Waals surface area (Å²) in [6.45, 7) is 5.37. The van der Waals surface area contributed by atoms with Crippen LogP contribution in [0.2, 0.25) is 5.02 Å². The maximum absolute atomic E-state index is 6.41. The zero-order valence-electron chi connectivity index (χ0n) is 16.9. The molecule has 0 unspecified atom stereocenters. The summed E-state index contributed by atoms with van der Waals surface area (Å²) in [6, 6.07) is 8.06. The Morgan fingerprint density at radius 1 is 1.24 bits per heavy atom. The lowest BCUT2D eigenvalue weighted by Gasteiger charge is -2.34. The van der Waals surface area contributed by atoms with Crippen molar-refractivity contribution in [1.82, 2.24) is 9.97 Å². The van der Waals surface area contributed by atoms with Crippen LogP contribution in [-0.4, -0.2) is 49.5 Å². The molecule has 4 rings (SSSR count). The fourth-order valence-corrected chi connectivity index (χ4v) is 4.17. The average molecular weight is 415 g/mol. The molecule has 1 fully saturated rings. The molecule has 0 amide bonds. The first-order chi connectivity index (χ1) is 14.2. The summed E-state index contributed by atoms with van der Waals surface area (Å²) in [7, 11) is 1.70. The monoisotopic (exact) mass is 414 g/mol. The van der Waals surface area contributed by atoms with Crippen molar-refractivity contribution in [1.29, 1.82) is 0 Å². The van der Waals surface area contributed by atoms with Gasteiger partial charge in [0.25, 0.3) is 0 Å². The molecule has 154 valence electrons. The van der Waals surface area contributed by atoms with Crippen LogP contribution >= 0.6 is 11.6 Å². The predicted octanol–water partition coefficient (Wildman–Crippen LogP) is 4.90. The van der Waals surface area contributed by atoms with Crippen molar-refractivity contribution >= 4 is 39.7 Å². The molecule has 3 aromatic rings. The fourth-order valence-electron chi connectivity index (χ4n) is 3.89. The van der Waals surface area contributed by atoms with Gasteiger partial charge in [0.2, 0.25) is 0 Å². The van der Waals surface area contributed by atoms with Gasteiger partial charge in [0.05, 0.1) is 24.3 Å². The number of hydrogen-bond acceptors (Lipinski definition) is 5. The van der Waals surface area contributed by atoms with Crippen LogP contribution in [0.3, 0.4) is 0 Å². The summed E-state index contributed by atoms with van der Waals surface area (Å²) in [4.78, 5) is 10.2. The minimum absolute atomic E-state index is 0.316. The van der Waals surface area contributed by atoms with Gasteiger partial charge < -0.3 is 24.7 Å². The molecule has 0 aliphatic carbocycles. The smallest absolute Gasteiger partial charge is 0.135 e. The van der Waals surface area contributed by atoms with E-state index in [1.165, 1.54) is 5.69 Å². The van der Waals surface area contributed by atoms with Crippen molar-refractivity contribution in [3.63, 3.8) is 0 Å². The average Bonchev–Trinajstić information content (AvgIpc) is 3.20. The van der Waals surface area contributed by atoms with Crippen molar-refractivity contribution in [3.05, 3.63) is 47.2 Å². The molecular weight excluding hydrogens is 388 g/mol. The Hall–Kier alpha value is -2.28. The molecule has 1 aliphatic heterocycles. The highest BCUT2D eigenvalue weighted by Crippen LogP contribution is 2.32. The van der Waals surface area contributed by atoms with Crippen LogP contribution < -0.4 is 10.2 Å². The molecule has 1 aromatic carbocycles. The number of methoxy groups -OCH3 is 1. The molecule has 0 atom stereocenters. The van der Waals surface area contributed by atoms with Crippen LogP contribution in [0.4, 0.5) is 17.2 Å². The molecule has 0 saturated carbocycles. The third kappa shape index (κ3) is 4.50. The van der Waals surface area contributed by atoms with Gasteiger partial charge in [-0.15, -0.1) is 0 Å². The molecule has 1 saturated heterocycles. The van der Waals surface area contributed by atoms with Crippen LogP contribution in [0, 0.1) is 6.92 Å². The van der Waals surface area contributed by atoms with E-state index in [9.17, 15) is 0 Å². The second kappa shape index (κ2) is 9.03. The number of aromatic nitrogens is 2. The molecule has 0 spiro atoms. The number of rotatable bonds is 7. The number of ether oxygens (including phenoxy) is 2. The lowest BCUT2D eigenvalue weighted by atomic mass is 10.1. The van der Waals surface area contributed by atoms with E-state index in [2.05, 4.69) is 39.2 Å².